The summed E-state index contributed by atoms with van der Waals surface area (Å²) in [6.45, 7) is 11.5. The number of piperidine rings is 1. The maximum Gasteiger partial charge on any atom is 0.290 e. The lowest BCUT2D eigenvalue weighted by atomic mass is 9.74. The lowest BCUT2D eigenvalue weighted by molar-refractivity contribution is -0.124. The van der Waals surface area contributed by atoms with Crippen molar-refractivity contribution >= 4 is 18.9 Å². The summed E-state index contributed by atoms with van der Waals surface area (Å²) < 4.78 is 0. The molecule has 5 N–H and O–H groups in total. The SMILES string of the molecule is CC1(C)CC(CC(=O)NCC(O)CN2CCCC2)CC(C)(C)N1.O=CO.O=CO. The summed E-state index contributed by atoms with van der Waals surface area (Å²) in [5, 5.41) is 30.4. The van der Waals surface area contributed by atoms with E-state index in [1.165, 1.54) is 12.8 Å². The number of nitrogens with one attached hydrogen (secondary N) is 2. The number of amides is 1. The number of nitrogens with zero attached hydrogens (tertiary/aromatic N) is 1. The third-order valence-corrected chi connectivity index (χ3v) is 4.95. The third-order valence-electron chi connectivity index (χ3n) is 4.95. The molecule has 9 heteroatoms. The van der Waals surface area contributed by atoms with E-state index in [0.29, 0.717) is 25.4 Å². The first-order chi connectivity index (χ1) is 13.5. The lowest BCUT2D eigenvalue weighted by Gasteiger charge is -2.46. The summed E-state index contributed by atoms with van der Waals surface area (Å²) in [4.78, 5) is 31.2. The predicted molar refractivity (Wildman–Crippen MR) is 111 cm³/mol. The molecule has 0 radical (unpaired) electrons. The second-order valence-electron chi connectivity index (χ2n) is 9.05. The fourth-order valence-corrected chi connectivity index (χ4v) is 4.57. The van der Waals surface area contributed by atoms with E-state index in [9.17, 15) is 9.90 Å². The van der Waals surface area contributed by atoms with E-state index in [1.54, 1.807) is 0 Å². The molecule has 1 unspecified atom stereocenters. The molecular weight excluding hydrogens is 378 g/mol. The van der Waals surface area contributed by atoms with E-state index in [2.05, 4.69) is 43.2 Å². The zero-order chi connectivity index (χ0) is 22.5. The number of β-amino-alcohol motifs (C(OH)–C–C–N with tert-alkyl or cyclic N) is 1. The van der Waals surface area contributed by atoms with Gasteiger partial charge in [0.25, 0.3) is 12.9 Å². The van der Waals surface area contributed by atoms with Crippen molar-refractivity contribution < 1.29 is 29.7 Å². The van der Waals surface area contributed by atoms with E-state index >= 15 is 0 Å². The Kier molecular flexibility index (Phi) is 12.7. The molecule has 1 atom stereocenters. The van der Waals surface area contributed by atoms with Gasteiger partial charge in [-0.2, -0.15) is 0 Å². The van der Waals surface area contributed by atoms with Gasteiger partial charge in [0.05, 0.1) is 6.10 Å². The highest BCUT2D eigenvalue weighted by Crippen LogP contribution is 2.34. The van der Waals surface area contributed by atoms with Gasteiger partial charge in [-0.25, -0.2) is 0 Å². The zero-order valence-corrected chi connectivity index (χ0v) is 18.2. The summed E-state index contributed by atoms with van der Waals surface area (Å²) in [5.74, 6) is 0.473. The molecule has 2 fully saturated rings. The smallest absolute Gasteiger partial charge is 0.290 e. The molecule has 0 aromatic rings. The van der Waals surface area contributed by atoms with Gasteiger partial charge in [-0.15, -0.1) is 0 Å². The molecular formula is C20H39N3O6. The number of likely N-dealkylation sites (tertiary alicyclic amines) is 1. The molecule has 29 heavy (non-hydrogen) atoms. The van der Waals surface area contributed by atoms with E-state index in [1.807, 2.05) is 0 Å². The monoisotopic (exact) mass is 417 g/mol. The van der Waals surface area contributed by atoms with Gasteiger partial charge in [0.2, 0.25) is 5.91 Å². The number of hydrogen-bond acceptors (Lipinski definition) is 6. The number of rotatable bonds is 6. The van der Waals surface area contributed by atoms with Gasteiger partial charge in [-0.05, 0) is 72.4 Å². The van der Waals surface area contributed by atoms with Crippen molar-refractivity contribution in [2.75, 3.05) is 26.2 Å². The number of hydrogen-bond donors (Lipinski definition) is 5. The van der Waals surface area contributed by atoms with Crippen LogP contribution in [0.15, 0.2) is 0 Å². The largest absolute Gasteiger partial charge is 0.483 e. The van der Waals surface area contributed by atoms with E-state index in [4.69, 9.17) is 19.8 Å². The molecule has 170 valence electrons. The highest BCUT2D eigenvalue weighted by molar-refractivity contribution is 5.76. The third kappa shape index (κ3) is 13.2. The van der Waals surface area contributed by atoms with Crippen LogP contribution in [0.5, 0.6) is 0 Å². The second kappa shape index (κ2) is 13.5. The maximum atomic E-state index is 12.2. The number of carboxylic acid groups (broad SMARTS) is 2. The van der Waals surface area contributed by atoms with Gasteiger partial charge in [0, 0.05) is 30.6 Å². The highest BCUT2D eigenvalue weighted by atomic mass is 16.3. The Morgan fingerprint density at radius 2 is 1.55 bits per heavy atom. The average Bonchev–Trinajstić information content (AvgIpc) is 3.04. The van der Waals surface area contributed by atoms with Crippen LogP contribution in [-0.4, -0.2) is 82.4 Å². The van der Waals surface area contributed by atoms with Crippen molar-refractivity contribution in [1.29, 1.82) is 0 Å². The highest BCUT2D eigenvalue weighted by Gasteiger charge is 2.38. The molecule has 1 amide bonds. The van der Waals surface area contributed by atoms with Crippen LogP contribution >= 0.6 is 0 Å². The molecule has 2 rings (SSSR count). The van der Waals surface area contributed by atoms with Gasteiger partial charge in [-0.3, -0.25) is 14.4 Å². The van der Waals surface area contributed by atoms with Crippen molar-refractivity contribution in [3.63, 3.8) is 0 Å². The minimum Gasteiger partial charge on any atom is -0.483 e. The summed E-state index contributed by atoms with van der Waals surface area (Å²) in [6, 6.07) is 0. The van der Waals surface area contributed by atoms with Crippen LogP contribution < -0.4 is 10.6 Å². The number of aliphatic hydroxyl groups excluding tert-OH is 1. The van der Waals surface area contributed by atoms with Gasteiger partial charge in [-0.1, -0.05) is 0 Å². The minimum atomic E-state index is -0.460. The molecule has 9 nitrogen and oxygen atoms in total. The number of aliphatic hydroxyl groups is 1. The molecule has 0 aromatic heterocycles. The summed E-state index contributed by atoms with van der Waals surface area (Å²) >= 11 is 0. The van der Waals surface area contributed by atoms with E-state index < -0.39 is 6.10 Å². The molecule has 0 aromatic carbocycles. The first-order valence-corrected chi connectivity index (χ1v) is 10.1. The fraction of sp³-hybridized carbons (Fsp3) is 0.850. The van der Waals surface area contributed by atoms with Crippen LogP contribution in [0, 0.1) is 5.92 Å². The molecule has 0 aliphatic carbocycles. The molecule has 2 aliphatic heterocycles. The summed E-state index contributed by atoms with van der Waals surface area (Å²) in [7, 11) is 0. The van der Waals surface area contributed by atoms with Crippen molar-refractivity contribution in [3.8, 4) is 0 Å². The average molecular weight is 418 g/mol. The molecule has 0 saturated carbocycles. The van der Waals surface area contributed by atoms with Crippen LogP contribution in [0.2, 0.25) is 0 Å². The Morgan fingerprint density at radius 3 is 2.00 bits per heavy atom. The normalized spacial score (nSPS) is 21.6. The predicted octanol–water partition coefficient (Wildman–Crippen LogP) is 0.908. The fourth-order valence-electron chi connectivity index (χ4n) is 4.57. The molecule has 2 heterocycles. The van der Waals surface area contributed by atoms with Crippen LogP contribution in [0.3, 0.4) is 0 Å². The Labute approximate surface area is 173 Å². The Hall–Kier alpha value is -1.71. The van der Waals surface area contributed by atoms with Gasteiger partial charge < -0.3 is 30.9 Å². The standard InChI is InChI=1S/C18H35N3O2.2CH2O2/c1-17(2)10-14(11-18(3,4)20-17)9-16(23)19-12-15(22)13-21-7-5-6-8-21;2*2-1-3/h14-15,20,22H,5-13H2,1-4H3,(H,19,23);2*1H,(H,2,3). The van der Waals surface area contributed by atoms with Gasteiger partial charge in [0.15, 0.2) is 0 Å². The Balaban J connectivity index is 0.00000116. The van der Waals surface area contributed by atoms with Gasteiger partial charge >= 0.3 is 0 Å². The van der Waals surface area contributed by atoms with Crippen LogP contribution in [0.1, 0.15) is 59.8 Å². The van der Waals surface area contributed by atoms with Crippen LogP contribution in [-0.2, 0) is 14.4 Å². The Morgan fingerprint density at radius 1 is 1.10 bits per heavy atom. The zero-order valence-electron chi connectivity index (χ0n) is 18.2. The summed E-state index contributed by atoms with van der Waals surface area (Å²) in [6.07, 6.45) is 4.57. The first-order valence-electron chi connectivity index (χ1n) is 10.1. The van der Waals surface area contributed by atoms with E-state index in [-0.39, 0.29) is 29.9 Å². The van der Waals surface area contributed by atoms with E-state index in [0.717, 1.165) is 25.9 Å². The number of carbonyl (C=O) groups excluding carboxylic acids is 1. The van der Waals surface area contributed by atoms with Crippen LogP contribution in [0.4, 0.5) is 0 Å². The minimum absolute atomic E-state index is 0.0714. The molecule has 0 bridgehead atoms. The first kappa shape index (κ1) is 27.3. The maximum absolute atomic E-state index is 12.2. The van der Waals surface area contributed by atoms with Crippen molar-refractivity contribution in [2.24, 2.45) is 5.92 Å². The van der Waals surface area contributed by atoms with Gasteiger partial charge in [0.1, 0.15) is 0 Å². The quantitative estimate of drug-likeness (QED) is 0.402. The van der Waals surface area contributed by atoms with Crippen molar-refractivity contribution in [1.82, 2.24) is 15.5 Å². The Bertz CT molecular complexity index is 471. The van der Waals surface area contributed by atoms with Crippen molar-refractivity contribution in [2.45, 2.75) is 77.0 Å². The topological polar surface area (TPSA) is 139 Å². The molecule has 0 spiro atoms. The summed E-state index contributed by atoms with van der Waals surface area (Å²) in [5.41, 5.74) is 0.143. The van der Waals surface area contributed by atoms with Crippen molar-refractivity contribution in [3.05, 3.63) is 0 Å². The number of carbonyl (C=O) groups is 3. The second-order valence-corrected chi connectivity index (χ2v) is 9.05. The molecule has 2 aliphatic rings. The lowest BCUT2D eigenvalue weighted by Crippen LogP contribution is -2.58. The molecule has 2 saturated heterocycles. The van der Waals surface area contributed by atoms with Crippen LogP contribution in [0.25, 0.3) is 0 Å².